The highest BCUT2D eigenvalue weighted by atomic mass is 32.1. The molecule has 0 aliphatic rings. The maximum absolute atomic E-state index is 12.3. The summed E-state index contributed by atoms with van der Waals surface area (Å²) in [7, 11) is 0. The number of carbonyl (C=O) groups excluding carboxylic acids is 2. The Kier molecular flexibility index (Phi) is 6.59. The van der Waals surface area contributed by atoms with Gasteiger partial charge in [-0.2, -0.15) is 5.26 Å². The summed E-state index contributed by atoms with van der Waals surface area (Å²) in [6.07, 6.45) is 0. The number of amides is 1. The predicted molar refractivity (Wildman–Crippen MR) is 105 cm³/mol. The van der Waals surface area contributed by atoms with E-state index >= 15 is 0 Å². The highest BCUT2D eigenvalue weighted by molar-refractivity contribution is 7.18. The summed E-state index contributed by atoms with van der Waals surface area (Å²) in [5, 5.41) is 12.4. The van der Waals surface area contributed by atoms with Gasteiger partial charge in [0.15, 0.2) is 6.61 Å². The Labute approximate surface area is 162 Å². The van der Waals surface area contributed by atoms with Crippen molar-refractivity contribution in [3.8, 4) is 11.8 Å². The van der Waals surface area contributed by atoms with Gasteiger partial charge in [0.05, 0.1) is 12.2 Å². The van der Waals surface area contributed by atoms with Gasteiger partial charge in [-0.05, 0) is 62.9 Å². The van der Waals surface area contributed by atoms with Crippen molar-refractivity contribution in [1.29, 1.82) is 5.26 Å². The van der Waals surface area contributed by atoms with Crippen LogP contribution in [0.2, 0.25) is 0 Å². The second-order valence-corrected chi connectivity index (χ2v) is 7.16. The lowest BCUT2D eigenvalue weighted by molar-refractivity contribution is -0.118. The summed E-state index contributed by atoms with van der Waals surface area (Å²) >= 11 is 1.03. The fraction of sp³-hybridized carbons (Fsp3) is 0.350. The van der Waals surface area contributed by atoms with Crippen LogP contribution in [-0.2, 0) is 9.53 Å². The van der Waals surface area contributed by atoms with Gasteiger partial charge in [-0.25, -0.2) is 4.79 Å². The first-order chi connectivity index (χ1) is 12.8. The van der Waals surface area contributed by atoms with Crippen LogP contribution >= 0.6 is 11.3 Å². The normalized spacial score (nSPS) is 10.2. The third-order valence-electron chi connectivity index (χ3n) is 4.10. The molecule has 0 fully saturated rings. The molecule has 2 aromatic rings. The Morgan fingerprint density at radius 3 is 2.52 bits per heavy atom. The molecule has 0 aliphatic heterocycles. The van der Waals surface area contributed by atoms with Crippen LogP contribution in [0.25, 0.3) is 0 Å². The molecule has 27 heavy (non-hydrogen) atoms. The Morgan fingerprint density at radius 2 is 1.89 bits per heavy atom. The fourth-order valence-electron chi connectivity index (χ4n) is 2.58. The van der Waals surface area contributed by atoms with Crippen LogP contribution in [0.3, 0.4) is 0 Å². The van der Waals surface area contributed by atoms with Crippen molar-refractivity contribution in [3.05, 3.63) is 44.8 Å². The predicted octanol–water partition coefficient (Wildman–Crippen LogP) is 4.05. The fourth-order valence-corrected chi connectivity index (χ4v) is 3.65. The first-order valence-electron chi connectivity index (χ1n) is 8.49. The Morgan fingerprint density at radius 1 is 1.19 bits per heavy atom. The van der Waals surface area contributed by atoms with E-state index < -0.39 is 11.9 Å². The second kappa shape index (κ2) is 8.69. The van der Waals surface area contributed by atoms with E-state index in [9.17, 15) is 14.9 Å². The quantitative estimate of drug-likeness (QED) is 0.757. The third-order valence-corrected chi connectivity index (χ3v) is 5.28. The summed E-state index contributed by atoms with van der Waals surface area (Å²) in [6.45, 7) is 9.30. The number of nitrogens with one attached hydrogen (secondary N) is 1. The number of hydrogen-bond donors (Lipinski definition) is 1. The van der Waals surface area contributed by atoms with Crippen LogP contribution < -0.4 is 10.1 Å². The van der Waals surface area contributed by atoms with Crippen molar-refractivity contribution >= 4 is 28.2 Å². The highest BCUT2D eigenvalue weighted by Crippen LogP contribution is 2.33. The maximum atomic E-state index is 12.3. The van der Waals surface area contributed by atoms with E-state index in [-0.39, 0.29) is 18.8 Å². The minimum Gasteiger partial charge on any atom is -0.483 e. The Balaban J connectivity index is 2.13. The first-order valence-corrected chi connectivity index (χ1v) is 9.31. The van der Waals surface area contributed by atoms with Gasteiger partial charge in [-0.15, -0.1) is 11.3 Å². The van der Waals surface area contributed by atoms with Gasteiger partial charge in [0.2, 0.25) is 0 Å². The van der Waals surface area contributed by atoms with E-state index in [0.717, 1.165) is 28.0 Å². The molecule has 2 rings (SSSR count). The molecule has 0 atom stereocenters. The zero-order valence-electron chi connectivity index (χ0n) is 16.1. The van der Waals surface area contributed by atoms with Crippen LogP contribution in [0.4, 0.5) is 5.00 Å². The van der Waals surface area contributed by atoms with E-state index in [1.165, 1.54) is 0 Å². The van der Waals surface area contributed by atoms with E-state index in [1.807, 2.05) is 39.0 Å². The van der Waals surface area contributed by atoms with E-state index in [1.54, 1.807) is 13.8 Å². The topological polar surface area (TPSA) is 88.4 Å². The minimum atomic E-state index is -0.501. The number of hydrogen-bond acceptors (Lipinski definition) is 6. The molecule has 0 saturated heterocycles. The molecule has 1 aromatic heterocycles. The van der Waals surface area contributed by atoms with Crippen molar-refractivity contribution in [2.24, 2.45) is 0 Å². The number of nitrogens with zero attached hydrogens (tertiary/aromatic N) is 1. The molecule has 142 valence electrons. The lowest BCUT2D eigenvalue weighted by atomic mass is 10.1. The molecule has 0 radical (unpaired) electrons. The van der Waals surface area contributed by atoms with E-state index in [4.69, 9.17) is 9.47 Å². The number of esters is 1. The number of ether oxygens (including phenoxy) is 2. The van der Waals surface area contributed by atoms with Gasteiger partial charge in [0.1, 0.15) is 21.7 Å². The first kappa shape index (κ1) is 20.5. The zero-order valence-corrected chi connectivity index (χ0v) is 16.9. The van der Waals surface area contributed by atoms with E-state index in [0.29, 0.717) is 21.2 Å². The Bertz CT molecular complexity index is 925. The van der Waals surface area contributed by atoms with Gasteiger partial charge in [0, 0.05) is 0 Å². The molecular weight excluding hydrogens is 364 g/mol. The summed E-state index contributed by atoms with van der Waals surface area (Å²) in [4.78, 5) is 24.6. The molecule has 6 nitrogen and oxygen atoms in total. The summed E-state index contributed by atoms with van der Waals surface area (Å²) in [5.41, 5.74) is 3.88. The van der Waals surface area contributed by atoms with Crippen LogP contribution in [0, 0.1) is 39.0 Å². The monoisotopic (exact) mass is 386 g/mol. The molecule has 7 heteroatoms. The lowest BCUT2D eigenvalue weighted by Crippen LogP contribution is -2.20. The number of nitriles is 1. The molecule has 1 N–H and O–H groups in total. The zero-order chi connectivity index (χ0) is 20.1. The van der Waals surface area contributed by atoms with Crippen molar-refractivity contribution in [2.75, 3.05) is 18.5 Å². The second-order valence-electron chi connectivity index (χ2n) is 6.13. The smallest absolute Gasteiger partial charge is 0.348 e. The number of benzene rings is 1. The lowest BCUT2D eigenvalue weighted by Gasteiger charge is -2.12. The SMILES string of the molecule is CCOC(=O)c1sc(NC(=O)COc2cc(C)cc(C)c2C)c(C#N)c1C. The largest absolute Gasteiger partial charge is 0.483 e. The van der Waals surface area contributed by atoms with Gasteiger partial charge in [0.25, 0.3) is 5.91 Å². The number of carbonyl (C=O) groups is 2. The number of aryl methyl sites for hydroxylation is 2. The van der Waals surface area contributed by atoms with Crippen LogP contribution in [-0.4, -0.2) is 25.1 Å². The molecule has 1 heterocycles. The minimum absolute atomic E-state index is 0.194. The molecule has 0 bridgehead atoms. The van der Waals surface area contributed by atoms with Crippen LogP contribution in [0.15, 0.2) is 12.1 Å². The molecule has 0 spiro atoms. The molecule has 0 unspecified atom stereocenters. The van der Waals surface area contributed by atoms with Crippen molar-refractivity contribution < 1.29 is 19.1 Å². The van der Waals surface area contributed by atoms with Gasteiger partial charge >= 0.3 is 5.97 Å². The summed E-state index contributed by atoms with van der Waals surface area (Å²) < 4.78 is 10.6. The third kappa shape index (κ3) is 4.66. The Hall–Kier alpha value is -2.85. The summed E-state index contributed by atoms with van der Waals surface area (Å²) in [5.74, 6) is -0.251. The maximum Gasteiger partial charge on any atom is 0.348 e. The molecular formula is C20H22N2O4S. The standard InChI is InChI=1S/C20H22N2O4S/c1-6-25-20(24)18-14(5)15(9-21)19(27-18)22-17(23)10-26-16-8-11(2)7-12(3)13(16)4/h7-8H,6,10H2,1-5H3,(H,22,23). The number of anilines is 1. The van der Waals surface area contributed by atoms with E-state index in [2.05, 4.69) is 5.32 Å². The van der Waals surface area contributed by atoms with Crippen LogP contribution in [0.5, 0.6) is 5.75 Å². The average Bonchev–Trinajstić information content (AvgIpc) is 2.92. The summed E-state index contributed by atoms with van der Waals surface area (Å²) in [6, 6.07) is 5.96. The van der Waals surface area contributed by atoms with Gasteiger partial charge in [-0.3, -0.25) is 4.79 Å². The molecule has 1 amide bonds. The molecule has 1 aromatic carbocycles. The van der Waals surface area contributed by atoms with Crippen LogP contribution in [0.1, 0.15) is 44.4 Å². The molecule has 0 saturated carbocycles. The molecule has 0 aliphatic carbocycles. The van der Waals surface area contributed by atoms with Crippen molar-refractivity contribution in [2.45, 2.75) is 34.6 Å². The average molecular weight is 386 g/mol. The highest BCUT2D eigenvalue weighted by Gasteiger charge is 2.22. The van der Waals surface area contributed by atoms with Crippen molar-refractivity contribution in [3.63, 3.8) is 0 Å². The number of rotatable bonds is 6. The number of thiophene rings is 1. The van der Waals surface area contributed by atoms with Gasteiger partial charge in [-0.1, -0.05) is 6.07 Å². The van der Waals surface area contributed by atoms with Crippen molar-refractivity contribution in [1.82, 2.24) is 0 Å². The van der Waals surface area contributed by atoms with Gasteiger partial charge < -0.3 is 14.8 Å².